The average Bonchev–Trinajstić information content (AvgIpc) is 2.88. The third kappa shape index (κ3) is 4.03. The highest BCUT2D eigenvalue weighted by Gasteiger charge is 2.21. The Hall–Kier alpha value is -3.15. The van der Waals surface area contributed by atoms with Crippen LogP contribution in [0.5, 0.6) is 0 Å². The summed E-state index contributed by atoms with van der Waals surface area (Å²) in [5.74, 6) is -1.74. The molecule has 2 N–H and O–H groups in total. The van der Waals surface area contributed by atoms with Gasteiger partial charge in [0.05, 0.1) is 12.2 Å². The van der Waals surface area contributed by atoms with Gasteiger partial charge in [-0.1, -0.05) is 18.2 Å². The van der Waals surface area contributed by atoms with Crippen LogP contribution in [-0.4, -0.2) is 34.4 Å². The minimum Gasteiger partial charge on any atom is -0.478 e. The van der Waals surface area contributed by atoms with Gasteiger partial charge in [-0.2, -0.15) is 0 Å². The Morgan fingerprint density at radius 3 is 2.36 bits per heavy atom. The third-order valence-corrected chi connectivity index (χ3v) is 3.75. The molecule has 0 radical (unpaired) electrons. The number of H-pyrrole nitrogens is 1. The fourth-order valence-corrected chi connectivity index (χ4v) is 2.52. The quantitative estimate of drug-likeness (QED) is 0.477. The number of aromatic amines is 1. The van der Waals surface area contributed by atoms with Crippen molar-refractivity contribution < 1.29 is 24.2 Å². The molecule has 6 heteroatoms. The molecule has 0 aliphatic rings. The Labute approximate surface area is 145 Å². The molecule has 0 saturated carbocycles. The highest BCUT2D eigenvalue weighted by molar-refractivity contribution is 6.10. The summed E-state index contributed by atoms with van der Waals surface area (Å²) >= 11 is 0. The zero-order valence-electron chi connectivity index (χ0n) is 14.3. The van der Waals surface area contributed by atoms with Crippen molar-refractivity contribution in [3.63, 3.8) is 0 Å². The number of aryl methyl sites for hydroxylation is 1. The van der Waals surface area contributed by atoms with E-state index in [2.05, 4.69) is 4.98 Å². The number of carbonyl (C=O) groups excluding carboxylic acids is 2. The second-order valence-corrected chi connectivity index (χ2v) is 5.47. The van der Waals surface area contributed by atoms with E-state index in [1.807, 2.05) is 0 Å². The van der Waals surface area contributed by atoms with Gasteiger partial charge in [0, 0.05) is 11.3 Å². The average molecular weight is 341 g/mol. The molecule has 1 aromatic carbocycles. The van der Waals surface area contributed by atoms with E-state index in [0.29, 0.717) is 22.4 Å². The van der Waals surface area contributed by atoms with Crippen LogP contribution >= 0.6 is 0 Å². The summed E-state index contributed by atoms with van der Waals surface area (Å²) in [4.78, 5) is 38.1. The first-order valence-electron chi connectivity index (χ1n) is 7.77. The number of carboxylic acid groups (broad SMARTS) is 1. The Morgan fingerprint density at radius 2 is 1.80 bits per heavy atom. The number of esters is 1. The van der Waals surface area contributed by atoms with Crippen LogP contribution in [0.25, 0.3) is 6.08 Å². The minimum atomic E-state index is -1.00. The van der Waals surface area contributed by atoms with E-state index < -0.39 is 11.9 Å². The van der Waals surface area contributed by atoms with Gasteiger partial charge in [0.25, 0.3) is 0 Å². The summed E-state index contributed by atoms with van der Waals surface area (Å²) in [5, 5.41) is 8.88. The lowest BCUT2D eigenvalue weighted by atomic mass is 10.0. The van der Waals surface area contributed by atoms with Gasteiger partial charge in [-0.3, -0.25) is 4.79 Å². The molecule has 0 spiro atoms. The number of allylic oxidation sites excluding steroid dienone is 1. The maximum atomic E-state index is 12.5. The van der Waals surface area contributed by atoms with Gasteiger partial charge in [0.2, 0.25) is 0 Å². The number of ketones is 1. The van der Waals surface area contributed by atoms with E-state index in [1.54, 1.807) is 39.0 Å². The number of ether oxygens (including phenoxy) is 1. The molecule has 2 aromatic rings. The zero-order chi connectivity index (χ0) is 18.6. The largest absolute Gasteiger partial charge is 0.478 e. The number of carboxylic acids is 1. The van der Waals surface area contributed by atoms with Crippen molar-refractivity contribution in [2.24, 2.45) is 0 Å². The molecule has 1 heterocycles. The standard InChI is InChI=1S/C19H19NO5/c1-4-25-19(24)17-11(2)16(12(3)20-17)15(21)10-7-13-5-8-14(9-6-13)18(22)23/h5-10,20H,4H2,1-3H3,(H,22,23)/b10-7+. The second-order valence-electron chi connectivity index (χ2n) is 5.47. The Balaban J connectivity index is 2.23. The number of hydrogen-bond acceptors (Lipinski definition) is 4. The lowest BCUT2D eigenvalue weighted by Gasteiger charge is -2.01. The maximum Gasteiger partial charge on any atom is 0.355 e. The SMILES string of the molecule is CCOC(=O)c1[nH]c(C)c(C(=O)/C=C/c2ccc(C(=O)O)cc2)c1C. The van der Waals surface area contributed by atoms with Crippen LogP contribution in [0.3, 0.4) is 0 Å². The summed E-state index contributed by atoms with van der Waals surface area (Å²) in [6.07, 6.45) is 3.00. The van der Waals surface area contributed by atoms with Gasteiger partial charge < -0.3 is 14.8 Å². The first kappa shape index (κ1) is 18.2. The Morgan fingerprint density at radius 1 is 1.16 bits per heavy atom. The number of nitrogens with one attached hydrogen (secondary N) is 1. The van der Waals surface area contributed by atoms with Crippen molar-refractivity contribution in [1.29, 1.82) is 0 Å². The lowest BCUT2D eigenvalue weighted by Crippen LogP contribution is -2.07. The van der Waals surface area contributed by atoms with E-state index in [0.717, 1.165) is 0 Å². The van der Waals surface area contributed by atoms with Crippen molar-refractivity contribution in [3.05, 3.63) is 64.0 Å². The summed E-state index contributed by atoms with van der Waals surface area (Å²) in [6, 6.07) is 6.18. The van der Waals surface area contributed by atoms with Crippen LogP contribution < -0.4 is 0 Å². The second kappa shape index (κ2) is 7.61. The number of hydrogen-bond donors (Lipinski definition) is 2. The number of benzene rings is 1. The first-order valence-corrected chi connectivity index (χ1v) is 7.77. The van der Waals surface area contributed by atoms with Gasteiger partial charge in [0.15, 0.2) is 5.78 Å². The van der Waals surface area contributed by atoms with Crippen molar-refractivity contribution in [1.82, 2.24) is 4.98 Å². The first-order chi connectivity index (χ1) is 11.8. The lowest BCUT2D eigenvalue weighted by molar-refractivity contribution is 0.0518. The molecule has 0 bridgehead atoms. The summed E-state index contributed by atoms with van der Waals surface area (Å²) in [7, 11) is 0. The van der Waals surface area contributed by atoms with E-state index >= 15 is 0 Å². The molecule has 0 aliphatic heterocycles. The molecule has 6 nitrogen and oxygen atoms in total. The van der Waals surface area contributed by atoms with Crippen molar-refractivity contribution >= 4 is 23.8 Å². The fraction of sp³-hybridized carbons (Fsp3) is 0.211. The van der Waals surface area contributed by atoms with Crippen molar-refractivity contribution in [3.8, 4) is 0 Å². The molecule has 0 fully saturated rings. The topological polar surface area (TPSA) is 96.5 Å². The van der Waals surface area contributed by atoms with Gasteiger partial charge in [-0.05, 0) is 50.1 Å². The summed E-state index contributed by atoms with van der Waals surface area (Å²) in [6.45, 7) is 5.39. The van der Waals surface area contributed by atoms with Crippen LogP contribution in [-0.2, 0) is 4.74 Å². The predicted molar refractivity (Wildman–Crippen MR) is 93.0 cm³/mol. The smallest absolute Gasteiger partial charge is 0.355 e. The number of aromatic nitrogens is 1. The van der Waals surface area contributed by atoms with Crippen LogP contribution in [0.1, 0.15) is 54.9 Å². The van der Waals surface area contributed by atoms with Gasteiger partial charge >= 0.3 is 11.9 Å². The number of carbonyl (C=O) groups is 3. The van der Waals surface area contributed by atoms with Crippen LogP contribution in [0.4, 0.5) is 0 Å². The predicted octanol–water partition coefficient (Wildman–Crippen LogP) is 3.40. The molecule has 2 rings (SSSR count). The van der Waals surface area contributed by atoms with E-state index in [1.165, 1.54) is 18.2 Å². The normalized spacial score (nSPS) is 10.8. The highest BCUT2D eigenvalue weighted by atomic mass is 16.5. The van der Waals surface area contributed by atoms with E-state index in [9.17, 15) is 14.4 Å². The Bertz CT molecular complexity index is 843. The molecular formula is C19H19NO5. The molecule has 130 valence electrons. The molecule has 0 saturated heterocycles. The third-order valence-electron chi connectivity index (χ3n) is 3.75. The Kier molecular flexibility index (Phi) is 5.54. The summed E-state index contributed by atoms with van der Waals surface area (Å²) in [5.41, 5.74) is 2.74. The molecule has 25 heavy (non-hydrogen) atoms. The van der Waals surface area contributed by atoms with Gasteiger partial charge in [0.1, 0.15) is 5.69 Å². The van der Waals surface area contributed by atoms with Crippen LogP contribution in [0, 0.1) is 13.8 Å². The minimum absolute atomic E-state index is 0.180. The van der Waals surface area contributed by atoms with Crippen molar-refractivity contribution in [2.45, 2.75) is 20.8 Å². The number of rotatable bonds is 6. The zero-order valence-corrected chi connectivity index (χ0v) is 14.3. The molecule has 0 unspecified atom stereocenters. The van der Waals surface area contributed by atoms with E-state index in [-0.39, 0.29) is 23.6 Å². The maximum absolute atomic E-state index is 12.5. The van der Waals surface area contributed by atoms with Crippen LogP contribution in [0.2, 0.25) is 0 Å². The monoisotopic (exact) mass is 341 g/mol. The van der Waals surface area contributed by atoms with Crippen molar-refractivity contribution in [2.75, 3.05) is 6.61 Å². The van der Waals surface area contributed by atoms with Crippen LogP contribution in [0.15, 0.2) is 30.3 Å². The fourth-order valence-electron chi connectivity index (χ4n) is 2.52. The van der Waals surface area contributed by atoms with Gasteiger partial charge in [-0.25, -0.2) is 9.59 Å². The molecular weight excluding hydrogens is 322 g/mol. The van der Waals surface area contributed by atoms with E-state index in [4.69, 9.17) is 9.84 Å². The molecule has 0 atom stereocenters. The molecule has 0 amide bonds. The summed E-state index contributed by atoms with van der Waals surface area (Å²) < 4.78 is 4.97. The molecule has 1 aromatic heterocycles. The highest BCUT2D eigenvalue weighted by Crippen LogP contribution is 2.20. The van der Waals surface area contributed by atoms with Gasteiger partial charge in [-0.15, -0.1) is 0 Å². The number of aromatic carboxylic acids is 1. The molecule has 0 aliphatic carbocycles.